The highest BCUT2D eigenvalue weighted by Gasteiger charge is 2.40. The lowest BCUT2D eigenvalue weighted by atomic mass is 10.0. The summed E-state index contributed by atoms with van der Waals surface area (Å²) in [7, 11) is 1.35. The van der Waals surface area contributed by atoms with Gasteiger partial charge in [0.2, 0.25) is 5.88 Å². The fraction of sp³-hybridized carbons (Fsp3) is 0.708. The zero-order valence-corrected chi connectivity index (χ0v) is 20.1. The molecule has 3 atom stereocenters. The fourth-order valence-electron chi connectivity index (χ4n) is 4.43. The second-order valence-electron chi connectivity index (χ2n) is 9.07. The first kappa shape index (κ1) is 24.7. The van der Waals surface area contributed by atoms with E-state index in [-0.39, 0.29) is 24.1 Å². The van der Waals surface area contributed by atoms with E-state index in [0.717, 1.165) is 36.9 Å². The van der Waals surface area contributed by atoms with Gasteiger partial charge in [-0.15, -0.1) is 0 Å². The van der Waals surface area contributed by atoms with Gasteiger partial charge in [0.25, 0.3) is 5.91 Å². The standard InChI is InChI=1S/C24H36N4O6/c1-16(28(19-5-6-19)23(29)21-14-25-9-11-33-21)18-12-17(4-3-8-26-24(30)31-2)22(27-13-18)34-20-7-10-32-15-20/h12-13,16,19-21,25H,3-11,14-15H2,1-2H3,(H,26,30)/t16?,20-,21+/m0/s1. The smallest absolute Gasteiger partial charge is 0.406 e. The van der Waals surface area contributed by atoms with Gasteiger partial charge in [0.15, 0.2) is 0 Å². The van der Waals surface area contributed by atoms with Crippen molar-refractivity contribution in [3.63, 3.8) is 0 Å². The molecule has 0 spiro atoms. The molecule has 1 aliphatic carbocycles. The van der Waals surface area contributed by atoms with E-state index in [1.54, 1.807) is 0 Å². The highest BCUT2D eigenvalue weighted by Crippen LogP contribution is 2.36. The van der Waals surface area contributed by atoms with Crippen LogP contribution in [0.3, 0.4) is 0 Å². The molecule has 2 N–H and O–H groups in total. The van der Waals surface area contributed by atoms with Crippen molar-refractivity contribution in [2.45, 2.75) is 63.3 Å². The van der Waals surface area contributed by atoms with Crippen LogP contribution in [0.5, 0.6) is 5.88 Å². The second kappa shape index (κ2) is 11.8. The van der Waals surface area contributed by atoms with E-state index in [0.29, 0.717) is 51.6 Å². The van der Waals surface area contributed by atoms with Gasteiger partial charge in [-0.05, 0) is 44.2 Å². The molecule has 2 amide bonds. The molecular weight excluding hydrogens is 440 g/mol. The Bertz CT molecular complexity index is 837. The number of alkyl carbamates (subject to hydrolysis) is 1. The molecule has 0 bridgehead atoms. The number of rotatable bonds is 10. The maximum Gasteiger partial charge on any atom is 0.406 e. The molecule has 188 valence electrons. The number of pyridine rings is 1. The molecule has 2 aliphatic heterocycles. The number of morpholine rings is 1. The Morgan fingerprint density at radius 2 is 2.18 bits per heavy atom. The largest absolute Gasteiger partial charge is 0.472 e. The highest BCUT2D eigenvalue weighted by molar-refractivity contribution is 5.82. The van der Waals surface area contributed by atoms with Crippen molar-refractivity contribution in [2.75, 3.05) is 46.6 Å². The van der Waals surface area contributed by atoms with Crippen LogP contribution in [-0.2, 0) is 25.4 Å². The van der Waals surface area contributed by atoms with E-state index in [1.807, 2.05) is 11.1 Å². The Kier molecular flexibility index (Phi) is 8.58. The number of aryl methyl sites for hydroxylation is 1. The van der Waals surface area contributed by atoms with Crippen LogP contribution < -0.4 is 15.4 Å². The summed E-state index contributed by atoms with van der Waals surface area (Å²) >= 11 is 0. The van der Waals surface area contributed by atoms with Gasteiger partial charge in [0, 0.05) is 43.9 Å². The molecule has 10 heteroatoms. The zero-order chi connectivity index (χ0) is 23.9. The maximum absolute atomic E-state index is 13.3. The van der Waals surface area contributed by atoms with Crippen LogP contribution in [0, 0.1) is 0 Å². The molecule has 2 saturated heterocycles. The number of carbonyl (C=O) groups excluding carboxylic acids is 2. The van der Waals surface area contributed by atoms with Crippen LogP contribution in [0.25, 0.3) is 0 Å². The van der Waals surface area contributed by atoms with E-state index in [1.165, 1.54) is 7.11 Å². The molecule has 10 nitrogen and oxygen atoms in total. The maximum atomic E-state index is 13.3. The Labute approximate surface area is 200 Å². The Morgan fingerprint density at radius 3 is 2.85 bits per heavy atom. The molecule has 1 saturated carbocycles. The first-order chi connectivity index (χ1) is 16.6. The third kappa shape index (κ3) is 6.37. The van der Waals surface area contributed by atoms with Crippen molar-refractivity contribution >= 4 is 12.0 Å². The van der Waals surface area contributed by atoms with Crippen LogP contribution in [0.1, 0.15) is 49.8 Å². The minimum atomic E-state index is -0.446. The number of aromatic nitrogens is 1. The molecule has 34 heavy (non-hydrogen) atoms. The van der Waals surface area contributed by atoms with Gasteiger partial charge in [0.05, 0.1) is 33.0 Å². The number of carbonyl (C=O) groups is 2. The minimum absolute atomic E-state index is 0.0109. The quantitative estimate of drug-likeness (QED) is 0.490. The van der Waals surface area contributed by atoms with Gasteiger partial charge in [0.1, 0.15) is 12.2 Å². The van der Waals surface area contributed by atoms with Crippen LogP contribution in [0.2, 0.25) is 0 Å². The van der Waals surface area contributed by atoms with Crippen molar-refractivity contribution in [2.24, 2.45) is 0 Å². The second-order valence-corrected chi connectivity index (χ2v) is 9.07. The van der Waals surface area contributed by atoms with Crippen LogP contribution in [-0.4, -0.2) is 86.7 Å². The number of hydrogen-bond acceptors (Lipinski definition) is 8. The Balaban J connectivity index is 1.49. The van der Waals surface area contributed by atoms with Gasteiger partial charge in [-0.3, -0.25) is 4.79 Å². The number of nitrogens with zero attached hydrogens (tertiary/aromatic N) is 2. The summed E-state index contributed by atoms with van der Waals surface area (Å²) in [4.78, 5) is 31.3. The van der Waals surface area contributed by atoms with Crippen molar-refractivity contribution in [1.29, 1.82) is 0 Å². The molecule has 3 heterocycles. The predicted octanol–water partition coefficient (Wildman–Crippen LogP) is 1.58. The molecule has 1 aromatic heterocycles. The Morgan fingerprint density at radius 1 is 1.32 bits per heavy atom. The summed E-state index contributed by atoms with van der Waals surface area (Å²) in [5, 5.41) is 5.96. The highest BCUT2D eigenvalue weighted by atomic mass is 16.6. The van der Waals surface area contributed by atoms with Crippen LogP contribution in [0.4, 0.5) is 4.79 Å². The number of amides is 2. The number of ether oxygens (including phenoxy) is 4. The molecule has 1 unspecified atom stereocenters. The van der Waals surface area contributed by atoms with Crippen molar-refractivity contribution in [1.82, 2.24) is 20.5 Å². The molecule has 0 radical (unpaired) electrons. The summed E-state index contributed by atoms with van der Waals surface area (Å²) in [5.41, 5.74) is 1.93. The van der Waals surface area contributed by atoms with Gasteiger partial charge in [-0.1, -0.05) is 0 Å². The van der Waals surface area contributed by atoms with Gasteiger partial charge in [-0.25, -0.2) is 9.78 Å². The van der Waals surface area contributed by atoms with Gasteiger partial charge in [-0.2, -0.15) is 0 Å². The van der Waals surface area contributed by atoms with Gasteiger partial charge >= 0.3 is 6.09 Å². The molecule has 4 rings (SSSR count). The average Bonchev–Trinajstić information content (AvgIpc) is 3.57. The lowest BCUT2D eigenvalue weighted by Crippen LogP contribution is -2.50. The average molecular weight is 477 g/mol. The van der Waals surface area contributed by atoms with Crippen LogP contribution in [0.15, 0.2) is 12.3 Å². The molecule has 3 fully saturated rings. The molecular formula is C24H36N4O6. The van der Waals surface area contributed by atoms with Crippen molar-refractivity contribution in [3.05, 3.63) is 23.4 Å². The number of nitrogens with one attached hydrogen (secondary N) is 2. The minimum Gasteiger partial charge on any atom is -0.472 e. The summed E-state index contributed by atoms with van der Waals surface area (Å²) < 4.78 is 22.0. The van der Waals surface area contributed by atoms with E-state index in [2.05, 4.69) is 33.3 Å². The monoisotopic (exact) mass is 476 g/mol. The SMILES string of the molecule is COC(=O)NCCCc1cc(C(C)N(C(=O)[C@H]2CNCCO2)C2CC2)cnc1O[C@H]1CCOC1. The zero-order valence-electron chi connectivity index (χ0n) is 20.1. The lowest BCUT2D eigenvalue weighted by molar-refractivity contribution is -0.148. The topological polar surface area (TPSA) is 111 Å². The fourth-order valence-corrected chi connectivity index (χ4v) is 4.43. The first-order valence-electron chi connectivity index (χ1n) is 12.3. The third-order valence-corrected chi connectivity index (χ3v) is 6.49. The van der Waals surface area contributed by atoms with Crippen molar-refractivity contribution in [3.8, 4) is 5.88 Å². The van der Waals surface area contributed by atoms with Gasteiger partial charge < -0.3 is 34.5 Å². The predicted molar refractivity (Wildman–Crippen MR) is 124 cm³/mol. The van der Waals surface area contributed by atoms with E-state index < -0.39 is 12.2 Å². The first-order valence-corrected chi connectivity index (χ1v) is 12.3. The van der Waals surface area contributed by atoms with E-state index >= 15 is 0 Å². The van der Waals surface area contributed by atoms with Crippen LogP contribution >= 0.6 is 0 Å². The number of hydrogen-bond donors (Lipinski definition) is 2. The summed E-state index contributed by atoms with van der Waals surface area (Å²) in [6, 6.07) is 2.20. The summed E-state index contributed by atoms with van der Waals surface area (Å²) in [5.74, 6) is 0.628. The summed E-state index contributed by atoms with van der Waals surface area (Å²) in [6.45, 7) is 5.65. The van der Waals surface area contributed by atoms with Crippen molar-refractivity contribution < 1.29 is 28.5 Å². The third-order valence-electron chi connectivity index (χ3n) is 6.49. The molecule has 0 aromatic carbocycles. The summed E-state index contributed by atoms with van der Waals surface area (Å²) in [6.07, 6.45) is 5.15. The van der Waals surface area contributed by atoms with E-state index in [9.17, 15) is 9.59 Å². The Hall–Kier alpha value is -2.43. The number of methoxy groups -OCH3 is 1. The normalized spacial score (nSPS) is 23.2. The molecule has 1 aromatic rings. The molecule has 3 aliphatic rings. The van der Waals surface area contributed by atoms with E-state index in [4.69, 9.17) is 14.2 Å². The lowest BCUT2D eigenvalue weighted by Gasteiger charge is -2.34.